The molecule has 0 fully saturated rings. The van der Waals surface area contributed by atoms with Gasteiger partial charge in [0.25, 0.3) is 0 Å². The number of benzene rings is 2. The Hall–Kier alpha value is -2.13. The van der Waals surface area contributed by atoms with Crippen LogP contribution in [0.2, 0.25) is 0 Å². The molecule has 3 heteroatoms. The van der Waals surface area contributed by atoms with Gasteiger partial charge in [-0.05, 0) is 37.1 Å². The second-order valence-corrected chi connectivity index (χ2v) is 4.29. The highest BCUT2D eigenvalue weighted by Crippen LogP contribution is 2.23. The second kappa shape index (κ2) is 6.16. The second-order valence-electron chi connectivity index (χ2n) is 4.29. The molecule has 0 spiro atoms. The van der Waals surface area contributed by atoms with Crippen LogP contribution in [-0.2, 0) is 4.89 Å². The molecule has 0 N–H and O–H groups in total. The van der Waals surface area contributed by atoms with Crippen molar-refractivity contribution in [3.8, 4) is 5.75 Å². The molecule has 0 atom stereocenters. The molecule has 0 bridgehead atoms. The van der Waals surface area contributed by atoms with E-state index in [0.717, 1.165) is 22.4 Å². The minimum atomic E-state index is 0.697. The van der Waals surface area contributed by atoms with Crippen molar-refractivity contribution in [1.29, 1.82) is 0 Å². The van der Waals surface area contributed by atoms with E-state index in [9.17, 15) is 0 Å². The van der Waals surface area contributed by atoms with Gasteiger partial charge in [0, 0.05) is 11.8 Å². The van der Waals surface area contributed by atoms with Gasteiger partial charge in [-0.2, -0.15) is 4.89 Å². The summed E-state index contributed by atoms with van der Waals surface area (Å²) in [4.78, 5) is 14.5. The summed E-state index contributed by atoms with van der Waals surface area (Å²) in [5.74, 6) is 0.697. The molecule has 2 aromatic rings. The van der Waals surface area contributed by atoms with Gasteiger partial charge in [0.15, 0.2) is 5.75 Å². The first-order chi connectivity index (χ1) is 9.22. The highest BCUT2D eigenvalue weighted by molar-refractivity contribution is 5.86. The Morgan fingerprint density at radius 3 is 2.42 bits per heavy atom. The van der Waals surface area contributed by atoms with Gasteiger partial charge in [0.2, 0.25) is 0 Å². The number of aliphatic imine (C=N–C) groups is 1. The molecule has 0 amide bonds. The number of hydrogen-bond acceptors (Lipinski definition) is 3. The van der Waals surface area contributed by atoms with E-state index in [-0.39, 0.29) is 0 Å². The monoisotopic (exact) mass is 255 g/mol. The molecule has 0 aliphatic carbocycles. The first-order valence-corrected chi connectivity index (χ1v) is 6.12. The molecule has 98 valence electrons. The van der Waals surface area contributed by atoms with Crippen LogP contribution in [0.25, 0.3) is 0 Å². The molecule has 19 heavy (non-hydrogen) atoms. The van der Waals surface area contributed by atoms with Crippen molar-refractivity contribution in [3.05, 3.63) is 59.2 Å². The van der Waals surface area contributed by atoms with Gasteiger partial charge >= 0.3 is 0 Å². The van der Waals surface area contributed by atoms with Gasteiger partial charge in [-0.25, -0.2) is 0 Å². The van der Waals surface area contributed by atoms with Crippen LogP contribution in [0.3, 0.4) is 0 Å². The van der Waals surface area contributed by atoms with Crippen LogP contribution in [0.1, 0.15) is 16.7 Å². The first-order valence-electron chi connectivity index (χ1n) is 6.12. The Kier molecular flexibility index (Phi) is 4.31. The van der Waals surface area contributed by atoms with E-state index in [2.05, 4.69) is 4.99 Å². The van der Waals surface area contributed by atoms with E-state index in [0.29, 0.717) is 5.75 Å². The third-order valence-corrected chi connectivity index (χ3v) is 2.87. The van der Waals surface area contributed by atoms with Crippen LogP contribution in [0.5, 0.6) is 5.75 Å². The van der Waals surface area contributed by atoms with E-state index in [1.54, 1.807) is 6.21 Å². The lowest BCUT2D eigenvalue weighted by atomic mass is 10.1. The SMILES string of the molecule is COOc1c(C)cccc1C=Nc1ccccc1C. The van der Waals surface area contributed by atoms with Crippen LogP contribution >= 0.6 is 0 Å². The van der Waals surface area contributed by atoms with Crippen molar-refractivity contribution >= 4 is 11.9 Å². The quantitative estimate of drug-likeness (QED) is 0.470. The van der Waals surface area contributed by atoms with E-state index in [1.165, 1.54) is 7.11 Å². The average Bonchev–Trinajstić information content (AvgIpc) is 2.41. The molecule has 0 unspecified atom stereocenters. The van der Waals surface area contributed by atoms with Gasteiger partial charge in [0.1, 0.15) is 0 Å². The zero-order valence-corrected chi connectivity index (χ0v) is 11.4. The van der Waals surface area contributed by atoms with Crippen molar-refractivity contribution in [1.82, 2.24) is 0 Å². The zero-order chi connectivity index (χ0) is 13.7. The Morgan fingerprint density at radius 1 is 0.947 bits per heavy atom. The van der Waals surface area contributed by atoms with Crippen LogP contribution in [0.15, 0.2) is 47.5 Å². The Morgan fingerprint density at radius 2 is 1.68 bits per heavy atom. The molecule has 2 aromatic carbocycles. The Balaban J connectivity index is 2.33. The normalized spacial score (nSPS) is 10.9. The molecule has 0 heterocycles. The molecule has 0 aromatic heterocycles. The summed E-state index contributed by atoms with van der Waals surface area (Å²) >= 11 is 0. The minimum absolute atomic E-state index is 0.697. The fraction of sp³-hybridized carbons (Fsp3) is 0.188. The summed E-state index contributed by atoms with van der Waals surface area (Å²) in [6.45, 7) is 4.01. The lowest BCUT2D eigenvalue weighted by Gasteiger charge is -2.07. The molecular weight excluding hydrogens is 238 g/mol. The van der Waals surface area contributed by atoms with Crippen molar-refractivity contribution in [2.45, 2.75) is 13.8 Å². The number of hydrogen-bond donors (Lipinski definition) is 0. The van der Waals surface area contributed by atoms with E-state index < -0.39 is 0 Å². The smallest absolute Gasteiger partial charge is 0.177 e. The third-order valence-electron chi connectivity index (χ3n) is 2.87. The van der Waals surface area contributed by atoms with E-state index in [4.69, 9.17) is 9.78 Å². The summed E-state index contributed by atoms with van der Waals surface area (Å²) in [6, 6.07) is 13.9. The van der Waals surface area contributed by atoms with Gasteiger partial charge in [-0.1, -0.05) is 30.3 Å². The maximum Gasteiger partial charge on any atom is 0.177 e. The largest absolute Gasteiger partial charge is 0.337 e. The van der Waals surface area contributed by atoms with Crippen molar-refractivity contribution in [2.24, 2.45) is 4.99 Å². The summed E-state index contributed by atoms with van der Waals surface area (Å²) in [5.41, 5.74) is 3.99. The lowest BCUT2D eigenvalue weighted by molar-refractivity contribution is -0.178. The first kappa shape index (κ1) is 13.3. The number of aryl methyl sites for hydroxylation is 2. The summed E-state index contributed by atoms with van der Waals surface area (Å²) < 4.78 is 0. The summed E-state index contributed by atoms with van der Waals surface area (Å²) in [7, 11) is 1.49. The molecule has 0 radical (unpaired) electrons. The molecule has 0 aliphatic rings. The van der Waals surface area contributed by atoms with Gasteiger partial charge in [0.05, 0.1) is 12.8 Å². The van der Waals surface area contributed by atoms with Crippen LogP contribution in [-0.4, -0.2) is 13.3 Å². The topological polar surface area (TPSA) is 30.8 Å². The van der Waals surface area contributed by atoms with E-state index >= 15 is 0 Å². The molecule has 0 aliphatic heterocycles. The maximum absolute atomic E-state index is 5.20. The lowest BCUT2D eigenvalue weighted by Crippen LogP contribution is -1.97. The summed E-state index contributed by atoms with van der Waals surface area (Å²) in [6.07, 6.45) is 1.80. The van der Waals surface area contributed by atoms with Crippen LogP contribution < -0.4 is 4.89 Å². The molecular formula is C16H17NO2. The van der Waals surface area contributed by atoms with Crippen LogP contribution in [0, 0.1) is 13.8 Å². The molecule has 2 rings (SSSR count). The molecule has 3 nitrogen and oxygen atoms in total. The summed E-state index contributed by atoms with van der Waals surface area (Å²) in [5, 5.41) is 0. The fourth-order valence-corrected chi connectivity index (χ4v) is 1.82. The van der Waals surface area contributed by atoms with Crippen molar-refractivity contribution < 1.29 is 9.78 Å². The predicted octanol–water partition coefficient (Wildman–Crippen LogP) is 3.99. The van der Waals surface area contributed by atoms with E-state index in [1.807, 2.05) is 56.3 Å². The Labute approximate surface area is 113 Å². The van der Waals surface area contributed by atoms with Crippen LogP contribution in [0.4, 0.5) is 5.69 Å². The highest BCUT2D eigenvalue weighted by atomic mass is 17.2. The van der Waals surface area contributed by atoms with Gasteiger partial charge in [-0.3, -0.25) is 4.99 Å². The van der Waals surface area contributed by atoms with Gasteiger partial charge < -0.3 is 4.89 Å². The van der Waals surface area contributed by atoms with Crippen molar-refractivity contribution in [3.63, 3.8) is 0 Å². The molecule has 0 saturated heterocycles. The predicted molar refractivity (Wildman–Crippen MR) is 77.2 cm³/mol. The highest BCUT2D eigenvalue weighted by Gasteiger charge is 2.05. The fourth-order valence-electron chi connectivity index (χ4n) is 1.82. The standard InChI is InChI=1S/C16H17NO2/c1-12-7-4-5-10-15(12)17-11-14-9-6-8-13(2)16(14)19-18-3/h4-11H,1-3H3. The third kappa shape index (κ3) is 3.20. The zero-order valence-electron chi connectivity index (χ0n) is 11.4. The maximum atomic E-state index is 5.20. The average molecular weight is 255 g/mol. The Bertz CT molecular complexity index is 591. The number of nitrogens with zero attached hydrogens (tertiary/aromatic N) is 1. The van der Waals surface area contributed by atoms with Crippen molar-refractivity contribution in [2.75, 3.05) is 7.11 Å². The van der Waals surface area contributed by atoms with Gasteiger partial charge in [-0.15, -0.1) is 0 Å². The molecule has 0 saturated carbocycles. The minimum Gasteiger partial charge on any atom is -0.337 e. The number of rotatable bonds is 4. The number of para-hydroxylation sites is 2.